The minimum absolute atomic E-state index is 0.340. The van der Waals surface area contributed by atoms with Crippen LogP contribution in [0.5, 0.6) is 0 Å². The minimum Gasteiger partial charge on any atom is -0.379 e. The molecule has 2 bridgehead atoms. The van der Waals surface area contributed by atoms with Gasteiger partial charge < -0.3 is 10.0 Å². The number of benzene rings is 1. The zero-order valence-electron chi connectivity index (χ0n) is 9.39. The second-order valence-corrected chi connectivity index (χ2v) is 4.84. The topological polar surface area (TPSA) is 23.5 Å². The highest BCUT2D eigenvalue weighted by atomic mass is 16.3. The predicted octanol–water partition coefficient (Wildman–Crippen LogP) is 2.11. The average molecular weight is 215 g/mol. The zero-order chi connectivity index (χ0) is 11.2. The van der Waals surface area contributed by atoms with Crippen molar-refractivity contribution in [1.29, 1.82) is 0 Å². The van der Waals surface area contributed by atoms with Gasteiger partial charge >= 0.3 is 0 Å². The van der Waals surface area contributed by atoms with Crippen LogP contribution in [0, 0.1) is 5.92 Å². The Balaban J connectivity index is 2.07. The quantitative estimate of drug-likeness (QED) is 0.775. The molecule has 2 nitrogen and oxygen atoms in total. The van der Waals surface area contributed by atoms with Gasteiger partial charge in [-0.05, 0) is 18.4 Å². The Morgan fingerprint density at radius 3 is 2.38 bits per heavy atom. The molecule has 1 aromatic rings. The molecule has 2 heteroatoms. The predicted molar refractivity (Wildman–Crippen MR) is 63.8 cm³/mol. The van der Waals surface area contributed by atoms with E-state index in [9.17, 15) is 5.11 Å². The molecule has 3 heterocycles. The van der Waals surface area contributed by atoms with Gasteiger partial charge in [-0.3, -0.25) is 0 Å². The monoisotopic (exact) mass is 215 g/mol. The Labute approximate surface area is 96.2 Å². The molecule has 16 heavy (non-hydrogen) atoms. The molecule has 4 rings (SSSR count). The maximum atomic E-state index is 11.0. The smallest absolute Gasteiger partial charge is 0.131 e. The lowest BCUT2D eigenvalue weighted by Crippen LogP contribution is -2.54. The molecule has 3 saturated heterocycles. The lowest BCUT2D eigenvalue weighted by molar-refractivity contribution is -0.0759. The maximum Gasteiger partial charge on any atom is 0.131 e. The Morgan fingerprint density at radius 2 is 1.81 bits per heavy atom. The summed E-state index contributed by atoms with van der Waals surface area (Å²) in [6.07, 6.45) is 2.15. The van der Waals surface area contributed by atoms with Gasteiger partial charge in [0.15, 0.2) is 0 Å². The highest BCUT2D eigenvalue weighted by Crippen LogP contribution is 2.48. The minimum atomic E-state index is -0.822. The summed E-state index contributed by atoms with van der Waals surface area (Å²) < 4.78 is 0. The van der Waals surface area contributed by atoms with Gasteiger partial charge in [-0.15, -0.1) is 0 Å². The van der Waals surface area contributed by atoms with Crippen molar-refractivity contribution in [2.45, 2.75) is 18.4 Å². The first kappa shape index (κ1) is 9.91. The van der Waals surface area contributed by atoms with Gasteiger partial charge in [0, 0.05) is 24.7 Å². The summed E-state index contributed by atoms with van der Waals surface area (Å²) in [6, 6.07) is 9.97. The maximum absolute atomic E-state index is 11.0. The van der Waals surface area contributed by atoms with E-state index >= 15 is 0 Å². The van der Waals surface area contributed by atoms with Crippen molar-refractivity contribution in [2.75, 3.05) is 13.1 Å². The van der Waals surface area contributed by atoms with Crippen LogP contribution in [0.4, 0.5) is 0 Å². The molecule has 0 aromatic heterocycles. The van der Waals surface area contributed by atoms with E-state index in [2.05, 4.69) is 11.5 Å². The summed E-state index contributed by atoms with van der Waals surface area (Å²) in [6.45, 7) is 6.21. The molecular formula is C14H17NO. The van der Waals surface area contributed by atoms with Crippen LogP contribution in [0.3, 0.4) is 0 Å². The number of hydrogen-bond donors (Lipinski definition) is 1. The second-order valence-electron chi connectivity index (χ2n) is 4.84. The van der Waals surface area contributed by atoms with Gasteiger partial charge in [0.1, 0.15) is 5.60 Å². The van der Waals surface area contributed by atoms with Crippen LogP contribution in [-0.4, -0.2) is 23.1 Å². The Bertz CT molecular complexity index is 406. The molecule has 1 unspecified atom stereocenters. The van der Waals surface area contributed by atoms with E-state index in [0.717, 1.165) is 37.2 Å². The fourth-order valence-electron chi connectivity index (χ4n) is 3.14. The molecule has 84 valence electrons. The number of piperidine rings is 3. The number of nitrogens with zero attached hydrogens (tertiary/aromatic N) is 1. The second kappa shape index (κ2) is 3.36. The Kier molecular flexibility index (Phi) is 2.08. The van der Waals surface area contributed by atoms with E-state index in [-0.39, 0.29) is 0 Å². The van der Waals surface area contributed by atoms with Crippen LogP contribution < -0.4 is 0 Å². The number of aliphatic hydroxyl groups is 1. The van der Waals surface area contributed by atoms with Crippen LogP contribution in [0.1, 0.15) is 18.4 Å². The highest BCUT2D eigenvalue weighted by molar-refractivity contribution is 5.35. The van der Waals surface area contributed by atoms with Gasteiger partial charge in [-0.2, -0.15) is 0 Å². The SMILES string of the molecule is C=C1N2CCC(CC2)C1(O)c1ccccc1. The zero-order valence-corrected chi connectivity index (χ0v) is 9.39. The Morgan fingerprint density at radius 1 is 1.19 bits per heavy atom. The standard InChI is InChI=1S/C14H17NO/c1-11-14(16,12-5-3-2-4-6-12)13-7-9-15(11)10-8-13/h2-6,13,16H,1,7-10H2. The largest absolute Gasteiger partial charge is 0.379 e. The lowest BCUT2D eigenvalue weighted by atomic mass is 9.70. The summed E-state index contributed by atoms with van der Waals surface area (Å²) in [5, 5.41) is 11.0. The molecule has 0 radical (unpaired) electrons. The number of hydrogen-bond acceptors (Lipinski definition) is 2. The van der Waals surface area contributed by atoms with E-state index < -0.39 is 5.60 Å². The summed E-state index contributed by atoms with van der Waals surface area (Å²) in [5.74, 6) is 0.340. The molecule has 0 spiro atoms. The van der Waals surface area contributed by atoms with E-state index in [1.807, 2.05) is 30.3 Å². The van der Waals surface area contributed by atoms with Gasteiger partial charge in [0.05, 0.1) is 0 Å². The van der Waals surface area contributed by atoms with Crippen molar-refractivity contribution in [2.24, 2.45) is 5.92 Å². The molecular weight excluding hydrogens is 198 g/mol. The van der Waals surface area contributed by atoms with Crippen LogP contribution in [0.15, 0.2) is 42.6 Å². The van der Waals surface area contributed by atoms with Gasteiger partial charge in [-0.1, -0.05) is 36.9 Å². The Hall–Kier alpha value is -1.28. The highest BCUT2D eigenvalue weighted by Gasteiger charge is 2.49. The van der Waals surface area contributed by atoms with Crippen molar-refractivity contribution in [3.63, 3.8) is 0 Å². The first-order chi connectivity index (χ1) is 7.73. The van der Waals surface area contributed by atoms with E-state index in [0.29, 0.717) is 5.92 Å². The molecule has 3 aliphatic rings. The van der Waals surface area contributed by atoms with E-state index in [4.69, 9.17) is 0 Å². The fourth-order valence-corrected chi connectivity index (χ4v) is 3.14. The van der Waals surface area contributed by atoms with Gasteiger partial charge in [0.25, 0.3) is 0 Å². The third kappa shape index (κ3) is 1.17. The van der Waals surface area contributed by atoms with Crippen molar-refractivity contribution < 1.29 is 5.11 Å². The third-order valence-electron chi connectivity index (χ3n) is 4.12. The van der Waals surface area contributed by atoms with Gasteiger partial charge in [-0.25, -0.2) is 0 Å². The number of rotatable bonds is 1. The van der Waals surface area contributed by atoms with Crippen LogP contribution in [0.25, 0.3) is 0 Å². The average Bonchev–Trinajstić information content (AvgIpc) is 2.37. The fraction of sp³-hybridized carbons (Fsp3) is 0.429. The molecule has 0 saturated carbocycles. The first-order valence-electron chi connectivity index (χ1n) is 5.95. The molecule has 1 aromatic carbocycles. The molecule has 0 aliphatic carbocycles. The van der Waals surface area contributed by atoms with Crippen LogP contribution in [-0.2, 0) is 5.60 Å². The molecule has 3 fully saturated rings. The van der Waals surface area contributed by atoms with E-state index in [1.165, 1.54) is 0 Å². The summed E-state index contributed by atoms with van der Waals surface area (Å²) in [4.78, 5) is 2.23. The van der Waals surface area contributed by atoms with Crippen molar-refractivity contribution in [1.82, 2.24) is 4.90 Å². The van der Waals surface area contributed by atoms with Crippen molar-refractivity contribution in [3.8, 4) is 0 Å². The lowest BCUT2D eigenvalue weighted by Gasteiger charge is -2.53. The van der Waals surface area contributed by atoms with Crippen LogP contribution >= 0.6 is 0 Å². The summed E-state index contributed by atoms with van der Waals surface area (Å²) in [5.41, 5.74) is 1.06. The van der Waals surface area contributed by atoms with E-state index in [1.54, 1.807) is 0 Å². The first-order valence-corrected chi connectivity index (χ1v) is 5.95. The molecule has 3 aliphatic heterocycles. The van der Waals surface area contributed by atoms with Crippen LogP contribution in [0.2, 0.25) is 0 Å². The molecule has 0 amide bonds. The normalized spacial score (nSPS) is 33.2. The molecule has 1 N–H and O–H groups in total. The summed E-state index contributed by atoms with van der Waals surface area (Å²) in [7, 11) is 0. The summed E-state index contributed by atoms with van der Waals surface area (Å²) >= 11 is 0. The third-order valence-corrected chi connectivity index (χ3v) is 4.12. The number of fused-ring (bicyclic) bond motifs is 3. The van der Waals surface area contributed by atoms with Crippen molar-refractivity contribution in [3.05, 3.63) is 48.2 Å². The van der Waals surface area contributed by atoms with Crippen molar-refractivity contribution >= 4 is 0 Å². The van der Waals surface area contributed by atoms with Gasteiger partial charge in [0.2, 0.25) is 0 Å². The molecule has 1 atom stereocenters.